The fourth-order valence-corrected chi connectivity index (χ4v) is 4.11. The minimum absolute atomic E-state index is 0.00739. The average molecular weight is 410 g/mol. The number of halogens is 1. The first kappa shape index (κ1) is 16.8. The Labute approximate surface area is 159 Å². The molecule has 3 aromatic carbocycles. The lowest BCUT2D eigenvalue weighted by Gasteiger charge is -2.28. The van der Waals surface area contributed by atoms with Crippen molar-refractivity contribution in [3.63, 3.8) is 0 Å². The second-order valence-electron chi connectivity index (χ2n) is 6.29. The number of methoxy groups -OCH3 is 1. The number of hydrogen-bond acceptors (Lipinski definition) is 3. The van der Waals surface area contributed by atoms with Crippen molar-refractivity contribution in [2.75, 3.05) is 12.4 Å². The van der Waals surface area contributed by atoms with Crippen molar-refractivity contribution in [1.29, 1.82) is 0 Å². The number of hydrogen-bond donors (Lipinski definition) is 1. The first-order valence-corrected chi connectivity index (χ1v) is 9.07. The molecule has 0 fully saturated rings. The lowest BCUT2D eigenvalue weighted by atomic mass is 9.83. The molecule has 4 rings (SSSR count). The molecule has 1 amide bonds. The molecule has 0 radical (unpaired) electrons. The van der Waals surface area contributed by atoms with E-state index in [0.29, 0.717) is 12.0 Å². The van der Waals surface area contributed by atoms with Crippen molar-refractivity contribution in [2.45, 2.75) is 12.3 Å². The molecule has 1 aliphatic heterocycles. The Morgan fingerprint density at radius 1 is 1.12 bits per heavy atom. The Balaban J connectivity index is 1.85. The van der Waals surface area contributed by atoms with Crippen LogP contribution >= 0.6 is 15.9 Å². The summed E-state index contributed by atoms with van der Waals surface area (Å²) in [6.45, 7) is 0. The number of carbonyl (C=O) groups excluding carboxylic acids is 2. The highest BCUT2D eigenvalue weighted by Gasteiger charge is 2.28. The maximum absolute atomic E-state index is 12.4. The molecule has 0 aromatic heterocycles. The van der Waals surface area contributed by atoms with E-state index in [1.54, 1.807) is 12.1 Å². The standard InChI is InChI=1S/C21H16BrNO3/c1-26-21(25)13-8-6-12(7-9-13)16-11-19(24)23-20-15-5-3-2-4-14(15)18(22)10-17(16)20/h2-10,16H,11H2,1H3,(H,23,24)/t16-/m0/s1. The summed E-state index contributed by atoms with van der Waals surface area (Å²) < 4.78 is 5.75. The van der Waals surface area contributed by atoms with Crippen molar-refractivity contribution in [3.05, 3.63) is 75.8 Å². The molecule has 0 saturated carbocycles. The molecule has 3 aromatic rings. The largest absolute Gasteiger partial charge is 0.465 e. The van der Waals surface area contributed by atoms with Gasteiger partial charge in [-0.25, -0.2) is 4.79 Å². The van der Waals surface area contributed by atoms with Gasteiger partial charge >= 0.3 is 5.97 Å². The Hall–Kier alpha value is -2.66. The maximum atomic E-state index is 12.4. The van der Waals surface area contributed by atoms with Gasteiger partial charge < -0.3 is 10.1 Å². The van der Waals surface area contributed by atoms with Crippen molar-refractivity contribution in [1.82, 2.24) is 0 Å². The zero-order chi connectivity index (χ0) is 18.3. The molecule has 1 aliphatic rings. The highest BCUT2D eigenvalue weighted by molar-refractivity contribution is 9.10. The van der Waals surface area contributed by atoms with Gasteiger partial charge in [0.05, 0.1) is 18.4 Å². The zero-order valence-corrected chi connectivity index (χ0v) is 15.7. The van der Waals surface area contributed by atoms with Gasteiger partial charge in [-0.3, -0.25) is 4.79 Å². The number of nitrogens with one attached hydrogen (secondary N) is 1. The number of anilines is 1. The van der Waals surface area contributed by atoms with Gasteiger partial charge in [-0.1, -0.05) is 52.3 Å². The van der Waals surface area contributed by atoms with Crippen LogP contribution in [-0.2, 0) is 9.53 Å². The summed E-state index contributed by atoms with van der Waals surface area (Å²) in [4.78, 5) is 24.0. The number of ether oxygens (including phenoxy) is 1. The quantitative estimate of drug-likeness (QED) is 0.614. The molecular formula is C21H16BrNO3. The van der Waals surface area contributed by atoms with E-state index in [-0.39, 0.29) is 17.8 Å². The van der Waals surface area contributed by atoms with Gasteiger partial charge in [-0.2, -0.15) is 0 Å². The van der Waals surface area contributed by atoms with Crippen LogP contribution in [0.1, 0.15) is 33.8 Å². The Morgan fingerprint density at radius 2 is 1.81 bits per heavy atom. The van der Waals surface area contributed by atoms with E-state index >= 15 is 0 Å². The lowest BCUT2D eigenvalue weighted by Crippen LogP contribution is -2.24. The smallest absolute Gasteiger partial charge is 0.337 e. The van der Waals surface area contributed by atoms with Gasteiger partial charge in [-0.05, 0) is 34.7 Å². The van der Waals surface area contributed by atoms with Crippen molar-refractivity contribution in [2.24, 2.45) is 0 Å². The van der Waals surface area contributed by atoms with Crippen LogP contribution in [0.3, 0.4) is 0 Å². The molecule has 0 bridgehead atoms. The summed E-state index contributed by atoms with van der Waals surface area (Å²) in [5, 5.41) is 5.11. The highest BCUT2D eigenvalue weighted by Crippen LogP contribution is 2.43. The molecule has 0 spiro atoms. The maximum Gasteiger partial charge on any atom is 0.337 e. The number of amides is 1. The summed E-state index contributed by atoms with van der Waals surface area (Å²) in [5.41, 5.74) is 3.43. The third-order valence-electron chi connectivity index (χ3n) is 4.79. The third kappa shape index (κ3) is 2.78. The molecule has 0 aliphatic carbocycles. The second kappa shape index (κ2) is 6.57. The number of rotatable bonds is 2. The summed E-state index contributed by atoms with van der Waals surface area (Å²) >= 11 is 3.66. The number of fused-ring (bicyclic) bond motifs is 3. The van der Waals surface area contributed by atoms with Gasteiger partial charge in [0.2, 0.25) is 5.91 Å². The van der Waals surface area contributed by atoms with Crippen molar-refractivity contribution < 1.29 is 14.3 Å². The summed E-state index contributed by atoms with van der Waals surface area (Å²) in [5.74, 6) is -0.439. The van der Waals surface area contributed by atoms with Gasteiger partial charge in [0, 0.05) is 22.2 Å². The molecule has 5 heteroatoms. The molecule has 26 heavy (non-hydrogen) atoms. The monoisotopic (exact) mass is 409 g/mol. The van der Waals surface area contributed by atoms with E-state index in [2.05, 4.69) is 27.3 Å². The van der Waals surface area contributed by atoms with Crippen LogP contribution in [0.5, 0.6) is 0 Å². The van der Waals surface area contributed by atoms with E-state index in [0.717, 1.165) is 32.1 Å². The zero-order valence-electron chi connectivity index (χ0n) is 14.1. The Morgan fingerprint density at radius 3 is 2.50 bits per heavy atom. The van der Waals surface area contributed by atoms with Gasteiger partial charge in [0.15, 0.2) is 0 Å². The molecule has 4 nitrogen and oxygen atoms in total. The van der Waals surface area contributed by atoms with Crippen molar-refractivity contribution in [3.8, 4) is 0 Å². The summed E-state index contributed by atoms with van der Waals surface area (Å²) in [6, 6.07) is 17.3. The molecule has 1 atom stereocenters. The summed E-state index contributed by atoms with van der Waals surface area (Å²) in [7, 11) is 1.36. The molecule has 0 unspecified atom stereocenters. The van der Waals surface area contributed by atoms with E-state index in [1.165, 1.54) is 7.11 Å². The van der Waals surface area contributed by atoms with Crippen LogP contribution in [0.2, 0.25) is 0 Å². The SMILES string of the molecule is COC(=O)c1ccc([C@@H]2CC(=O)Nc3c2cc(Br)c2ccccc32)cc1. The predicted octanol–water partition coefficient (Wildman–Crippen LogP) is 4.86. The molecule has 130 valence electrons. The number of benzene rings is 3. The molecule has 0 saturated heterocycles. The number of esters is 1. The van der Waals surface area contributed by atoms with Crippen LogP contribution in [0.4, 0.5) is 5.69 Å². The minimum Gasteiger partial charge on any atom is -0.465 e. The second-order valence-corrected chi connectivity index (χ2v) is 7.14. The lowest BCUT2D eigenvalue weighted by molar-refractivity contribution is -0.116. The van der Waals surface area contributed by atoms with Gasteiger partial charge in [0.1, 0.15) is 0 Å². The van der Waals surface area contributed by atoms with Crippen LogP contribution < -0.4 is 5.32 Å². The Kier molecular flexibility index (Phi) is 4.24. The normalized spacial score (nSPS) is 16.1. The molecule has 1 N–H and O–H groups in total. The molecule has 1 heterocycles. The van der Waals surface area contributed by atoms with Crippen LogP contribution in [0, 0.1) is 0 Å². The Bertz CT molecular complexity index is 1030. The fraction of sp³-hybridized carbons (Fsp3) is 0.143. The van der Waals surface area contributed by atoms with E-state index in [4.69, 9.17) is 4.74 Å². The highest BCUT2D eigenvalue weighted by atomic mass is 79.9. The van der Waals surface area contributed by atoms with Crippen LogP contribution in [-0.4, -0.2) is 19.0 Å². The van der Waals surface area contributed by atoms with Gasteiger partial charge in [0.25, 0.3) is 0 Å². The minimum atomic E-state index is -0.368. The van der Waals surface area contributed by atoms with Gasteiger partial charge in [-0.15, -0.1) is 0 Å². The first-order valence-electron chi connectivity index (χ1n) is 8.27. The first-order chi connectivity index (χ1) is 12.6. The van der Waals surface area contributed by atoms with E-state index in [1.807, 2.05) is 36.4 Å². The number of carbonyl (C=O) groups is 2. The van der Waals surface area contributed by atoms with E-state index < -0.39 is 0 Å². The van der Waals surface area contributed by atoms with Crippen LogP contribution in [0.15, 0.2) is 59.1 Å². The summed E-state index contributed by atoms with van der Waals surface area (Å²) in [6.07, 6.45) is 0.370. The van der Waals surface area contributed by atoms with Crippen molar-refractivity contribution >= 4 is 44.3 Å². The van der Waals surface area contributed by atoms with Crippen LogP contribution in [0.25, 0.3) is 10.8 Å². The van der Waals surface area contributed by atoms with E-state index in [9.17, 15) is 9.59 Å². The topological polar surface area (TPSA) is 55.4 Å². The third-order valence-corrected chi connectivity index (χ3v) is 5.44. The predicted molar refractivity (Wildman–Crippen MR) is 105 cm³/mol. The fourth-order valence-electron chi connectivity index (χ4n) is 3.52. The molecular weight excluding hydrogens is 394 g/mol. The average Bonchev–Trinajstić information content (AvgIpc) is 2.68.